The molecule has 0 aromatic heterocycles. The molecule has 0 bridgehead atoms. The van der Waals surface area contributed by atoms with Gasteiger partial charge in [0.05, 0.1) is 12.1 Å². The van der Waals surface area contributed by atoms with Gasteiger partial charge in [-0.2, -0.15) is 11.8 Å². The maximum absolute atomic E-state index is 12.2. The summed E-state index contributed by atoms with van der Waals surface area (Å²) in [7, 11) is 0. The van der Waals surface area contributed by atoms with Crippen molar-refractivity contribution in [1.29, 1.82) is 0 Å². The van der Waals surface area contributed by atoms with E-state index in [4.69, 9.17) is 20.9 Å². The SMILES string of the molecule is C=C(C)C(=O)OCC(CSCCN=C(N)N)OC(=O)c1ccccc1. The number of hydrogen-bond acceptors (Lipinski definition) is 6. The number of rotatable bonds is 10. The van der Waals surface area contributed by atoms with Gasteiger partial charge in [0.2, 0.25) is 0 Å². The van der Waals surface area contributed by atoms with Gasteiger partial charge in [0.15, 0.2) is 5.96 Å². The van der Waals surface area contributed by atoms with E-state index >= 15 is 0 Å². The summed E-state index contributed by atoms with van der Waals surface area (Å²) in [6.45, 7) is 5.49. The fourth-order valence-electron chi connectivity index (χ4n) is 1.66. The monoisotopic (exact) mass is 365 g/mol. The highest BCUT2D eigenvalue weighted by Gasteiger charge is 2.18. The molecule has 1 aromatic rings. The lowest BCUT2D eigenvalue weighted by Gasteiger charge is -2.17. The van der Waals surface area contributed by atoms with Crippen LogP contribution >= 0.6 is 11.8 Å². The van der Waals surface area contributed by atoms with Crippen molar-refractivity contribution in [3.8, 4) is 0 Å². The Labute approximate surface area is 151 Å². The third-order valence-corrected chi connectivity index (χ3v) is 3.94. The molecule has 0 aliphatic carbocycles. The van der Waals surface area contributed by atoms with Gasteiger partial charge in [-0.15, -0.1) is 0 Å². The van der Waals surface area contributed by atoms with Crippen LogP contribution < -0.4 is 11.5 Å². The zero-order chi connectivity index (χ0) is 18.7. The molecule has 7 nitrogen and oxygen atoms in total. The summed E-state index contributed by atoms with van der Waals surface area (Å²) in [6, 6.07) is 8.62. The molecule has 0 amide bonds. The molecule has 0 spiro atoms. The second-order valence-corrected chi connectivity index (χ2v) is 6.30. The van der Waals surface area contributed by atoms with E-state index in [-0.39, 0.29) is 18.1 Å². The van der Waals surface area contributed by atoms with Crippen LogP contribution in [0.15, 0.2) is 47.5 Å². The van der Waals surface area contributed by atoms with Crippen molar-refractivity contribution in [2.24, 2.45) is 16.5 Å². The quantitative estimate of drug-likeness (QED) is 0.211. The normalized spacial score (nSPS) is 11.2. The molecule has 0 saturated heterocycles. The minimum atomic E-state index is -0.583. The molecular formula is C17H23N3O4S. The van der Waals surface area contributed by atoms with Crippen molar-refractivity contribution in [3.63, 3.8) is 0 Å². The Morgan fingerprint density at radius 3 is 2.56 bits per heavy atom. The number of carbonyl (C=O) groups excluding carboxylic acids is 2. The molecular weight excluding hydrogens is 342 g/mol. The Balaban J connectivity index is 2.57. The molecule has 0 aliphatic heterocycles. The highest BCUT2D eigenvalue weighted by molar-refractivity contribution is 7.99. The van der Waals surface area contributed by atoms with E-state index in [1.807, 2.05) is 6.07 Å². The summed E-state index contributed by atoms with van der Waals surface area (Å²) in [5, 5.41) is 0. The maximum atomic E-state index is 12.2. The number of carbonyl (C=O) groups is 2. The van der Waals surface area contributed by atoms with Gasteiger partial charge in [-0.25, -0.2) is 9.59 Å². The van der Waals surface area contributed by atoms with Crippen molar-refractivity contribution in [2.75, 3.05) is 24.7 Å². The predicted octanol–water partition coefficient (Wildman–Crippen LogP) is 1.34. The number of hydrogen-bond donors (Lipinski definition) is 2. The Morgan fingerprint density at radius 2 is 1.96 bits per heavy atom. The van der Waals surface area contributed by atoms with Gasteiger partial charge in [-0.1, -0.05) is 24.8 Å². The van der Waals surface area contributed by atoms with Crippen molar-refractivity contribution in [2.45, 2.75) is 13.0 Å². The lowest BCUT2D eigenvalue weighted by molar-refractivity contribution is -0.141. The molecule has 0 saturated carbocycles. The standard InChI is InChI=1S/C17H23N3O4S/c1-12(2)15(21)23-10-14(11-25-9-8-20-17(18)19)24-16(22)13-6-4-3-5-7-13/h3-7,14H,1,8-11H2,2H3,(H4,18,19,20). The van der Waals surface area contributed by atoms with E-state index in [9.17, 15) is 9.59 Å². The third kappa shape index (κ3) is 8.80. The molecule has 1 rings (SSSR count). The van der Waals surface area contributed by atoms with Gasteiger partial charge in [-0.05, 0) is 19.1 Å². The largest absolute Gasteiger partial charge is 0.458 e. The molecule has 25 heavy (non-hydrogen) atoms. The summed E-state index contributed by atoms with van der Waals surface area (Å²) in [5.74, 6) is 0.129. The van der Waals surface area contributed by atoms with E-state index in [1.165, 1.54) is 11.8 Å². The molecule has 1 atom stereocenters. The Bertz CT molecular complexity index is 616. The van der Waals surface area contributed by atoms with Gasteiger partial charge in [0.25, 0.3) is 0 Å². The van der Waals surface area contributed by atoms with E-state index in [2.05, 4.69) is 11.6 Å². The van der Waals surface area contributed by atoms with Crippen LogP contribution in [0.1, 0.15) is 17.3 Å². The fraction of sp³-hybridized carbons (Fsp3) is 0.353. The highest BCUT2D eigenvalue weighted by atomic mass is 32.2. The number of aliphatic imine (C=N–C) groups is 1. The molecule has 1 aromatic carbocycles. The number of nitrogens with two attached hydrogens (primary N) is 2. The van der Waals surface area contributed by atoms with Crippen molar-refractivity contribution in [3.05, 3.63) is 48.0 Å². The number of thioether (sulfide) groups is 1. The Morgan fingerprint density at radius 1 is 1.28 bits per heavy atom. The summed E-state index contributed by atoms with van der Waals surface area (Å²) in [5.41, 5.74) is 11.2. The lowest BCUT2D eigenvalue weighted by Crippen LogP contribution is -2.28. The molecule has 136 valence electrons. The van der Waals surface area contributed by atoms with E-state index in [0.717, 1.165) is 0 Å². The van der Waals surface area contributed by atoms with Crippen LogP contribution in [0.4, 0.5) is 0 Å². The number of nitrogens with zero attached hydrogens (tertiary/aromatic N) is 1. The van der Waals surface area contributed by atoms with Crippen LogP contribution in [0.2, 0.25) is 0 Å². The first-order valence-electron chi connectivity index (χ1n) is 7.62. The van der Waals surface area contributed by atoms with Gasteiger partial charge >= 0.3 is 11.9 Å². The van der Waals surface area contributed by atoms with E-state index < -0.39 is 18.0 Å². The molecule has 4 N–H and O–H groups in total. The summed E-state index contributed by atoms with van der Waals surface area (Å²) < 4.78 is 10.5. The first kappa shape index (κ1) is 20.6. The topological polar surface area (TPSA) is 117 Å². The van der Waals surface area contributed by atoms with Crippen LogP contribution in [0.25, 0.3) is 0 Å². The molecule has 0 aliphatic rings. The average molecular weight is 365 g/mol. The smallest absolute Gasteiger partial charge is 0.338 e. The van der Waals surface area contributed by atoms with Crippen LogP contribution in [0, 0.1) is 0 Å². The minimum absolute atomic E-state index is 0.0306. The van der Waals surface area contributed by atoms with Crippen molar-refractivity contribution < 1.29 is 19.1 Å². The van der Waals surface area contributed by atoms with Gasteiger partial charge < -0.3 is 20.9 Å². The highest BCUT2D eigenvalue weighted by Crippen LogP contribution is 2.11. The van der Waals surface area contributed by atoms with Crippen LogP contribution in [-0.4, -0.2) is 48.7 Å². The first-order chi connectivity index (χ1) is 11.9. The fourth-order valence-corrected chi connectivity index (χ4v) is 2.47. The Kier molecular flexibility index (Phi) is 9.16. The average Bonchev–Trinajstić information content (AvgIpc) is 2.59. The molecule has 0 fully saturated rings. The minimum Gasteiger partial charge on any atom is -0.458 e. The summed E-state index contributed by atoms with van der Waals surface area (Å²) >= 11 is 1.49. The van der Waals surface area contributed by atoms with Crippen molar-refractivity contribution in [1.82, 2.24) is 0 Å². The maximum Gasteiger partial charge on any atom is 0.338 e. The third-order valence-electron chi connectivity index (χ3n) is 2.87. The predicted molar refractivity (Wildman–Crippen MR) is 99.4 cm³/mol. The van der Waals surface area contributed by atoms with Gasteiger partial charge in [0, 0.05) is 17.1 Å². The first-order valence-corrected chi connectivity index (χ1v) is 8.77. The van der Waals surface area contributed by atoms with Gasteiger partial charge in [-0.3, -0.25) is 4.99 Å². The number of guanidine groups is 1. The summed E-state index contributed by atoms with van der Waals surface area (Å²) in [4.78, 5) is 27.6. The lowest BCUT2D eigenvalue weighted by atomic mass is 10.2. The summed E-state index contributed by atoms with van der Waals surface area (Å²) in [6.07, 6.45) is -0.583. The second kappa shape index (κ2) is 11.1. The molecule has 8 heteroatoms. The van der Waals surface area contributed by atoms with Crippen LogP contribution in [0.3, 0.4) is 0 Å². The number of benzene rings is 1. The zero-order valence-corrected chi connectivity index (χ0v) is 15.0. The van der Waals surface area contributed by atoms with Gasteiger partial charge in [0.1, 0.15) is 12.7 Å². The van der Waals surface area contributed by atoms with Crippen molar-refractivity contribution >= 4 is 29.7 Å². The number of esters is 2. The van der Waals surface area contributed by atoms with E-state index in [1.54, 1.807) is 31.2 Å². The zero-order valence-electron chi connectivity index (χ0n) is 14.1. The number of ether oxygens (including phenoxy) is 2. The Hall–Kier alpha value is -2.48. The van der Waals surface area contributed by atoms with Crippen LogP contribution in [0.5, 0.6) is 0 Å². The molecule has 1 unspecified atom stereocenters. The molecule has 0 radical (unpaired) electrons. The van der Waals surface area contributed by atoms with Crippen LogP contribution in [-0.2, 0) is 14.3 Å². The molecule has 0 heterocycles. The second-order valence-electron chi connectivity index (χ2n) is 5.15. The van der Waals surface area contributed by atoms with E-state index in [0.29, 0.717) is 23.6 Å².